The number of aliphatic hydroxyl groups excluding tert-OH is 1. The molecule has 3 N–H and O–H groups in total. The summed E-state index contributed by atoms with van der Waals surface area (Å²) in [7, 11) is 0. The zero-order valence-corrected chi connectivity index (χ0v) is 23.0. The zero-order valence-electron chi connectivity index (χ0n) is 22.2. The molecule has 8 nitrogen and oxygen atoms in total. The number of nitrogens with zero attached hydrogens (tertiary/aromatic N) is 2. The Labute approximate surface area is 217 Å². The van der Waals surface area contributed by atoms with Gasteiger partial charge in [0, 0.05) is 24.9 Å². The van der Waals surface area contributed by atoms with Gasteiger partial charge in [-0.25, -0.2) is 4.98 Å². The van der Waals surface area contributed by atoms with Crippen LogP contribution < -0.4 is 10.6 Å². The molecule has 0 bridgehead atoms. The number of nitrogens with one attached hydrogen (secondary N) is 2. The van der Waals surface area contributed by atoms with Crippen molar-refractivity contribution in [2.45, 2.75) is 79.6 Å². The number of likely N-dealkylation sites (tertiary alicyclic amines) is 1. The van der Waals surface area contributed by atoms with Gasteiger partial charge in [0.05, 0.1) is 22.2 Å². The van der Waals surface area contributed by atoms with Crippen molar-refractivity contribution in [3.05, 3.63) is 41.0 Å². The molecule has 0 unspecified atom stereocenters. The largest absolute Gasteiger partial charge is 0.391 e. The number of β-amino-alcohol motifs (C(OH)–C–C–N with tert-alkyl or cyclic N) is 1. The van der Waals surface area contributed by atoms with E-state index in [9.17, 15) is 19.5 Å². The smallest absolute Gasteiger partial charge is 0.246 e. The molecule has 2 heterocycles. The summed E-state index contributed by atoms with van der Waals surface area (Å²) in [6.07, 6.45) is -0.642. The standard InChI is InChI=1S/C27H38N4O4S/c1-16-21(36-15-29-16)18-10-8-17(9-11-18)13-28-23(33)20-12-19(32)14-31(20)24(34)22(26(2,3)4)30-25(35)27(5,6)7/h8-11,15,19-20,22,32H,12-14H2,1-7H3,(H,28,33)(H,30,35)/t19-,20+,22-/m1/s1. The maximum atomic E-state index is 13.6. The Morgan fingerprint density at radius 2 is 1.78 bits per heavy atom. The van der Waals surface area contributed by atoms with Gasteiger partial charge >= 0.3 is 0 Å². The van der Waals surface area contributed by atoms with E-state index in [1.165, 1.54) is 4.90 Å². The number of carbonyl (C=O) groups is 3. The first-order chi connectivity index (χ1) is 16.7. The Balaban J connectivity index is 1.69. The Bertz CT molecular complexity index is 1100. The summed E-state index contributed by atoms with van der Waals surface area (Å²) in [4.78, 5) is 46.2. The summed E-state index contributed by atoms with van der Waals surface area (Å²) >= 11 is 1.59. The van der Waals surface area contributed by atoms with Crippen LogP contribution in [-0.4, -0.2) is 57.4 Å². The maximum Gasteiger partial charge on any atom is 0.246 e. The van der Waals surface area contributed by atoms with E-state index in [4.69, 9.17) is 0 Å². The zero-order chi connectivity index (χ0) is 26.8. The normalized spacial score (nSPS) is 19.2. The highest BCUT2D eigenvalue weighted by Gasteiger charge is 2.45. The molecule has 3 amide bonds. The second-order valence-electron chi connectivity index (χ2n) is 11.6. The van der Waals surface area contributed by atoms with Gasteiger partial charge in [-0.05, 0) is 23.5 Å². The molecular weight excluding hydrogens is 476 g/mol. The molecule has 3 rings (SSSR count). The highest BCUT2D eigenvalue weighted by molar-refractivity contribution is 7.13. The van der Waals surface area contributed by atoms with E-state index < -0.39 is 29.0 Å². The molecule has 9 heteroatoms. The van der Waals surface area contributed by atoms with Gasteiger partial charge in [-0.15, -0.1) is 11.3 Å². The topological polar surface area (TPSA) is 112 Å². The van der Waals surface area contributed by atoms with Gasteiger partial charge in [0.1, 0.15) is 12.1 Å². The van der Waals surface area contributed by atoms with Crippen LogP contribution in [0.2, 0.25) is 0 Å². The van der Waals surface area contributed by atoms with Crippen LogP contribution in [0.15, 0.2) is 29.8 Å². The van der Waals surface area contributed by atoms with Gasteiger partial charge in [0.15, 0.2) is 0 Å². The molecule has 1 fully saturated rings. The average molecular weight is 515 g/mol. The van der Waals surface area contributed by atoms with E-state index in [2.05, 4.69) is 15.6 Å². The lowest BCUT2D eigenvalue weighted by atomic mass is 9.84. The number of aryl methyl sites for hydroxylation is 1. The van der Waals surface area contributed by atoms with Crippen LogP contribution in [-0.2, 0) is 20.9 Å². The number of aromatic nitrogens is 1. The Hall–Kier alpha value is -2.78. The number of thiazole rings is 1. The van der Waals surface area contributed by atoms with Crippen LogP contribution in [0, 0.1) is 17.8 Å². The number of aliphatic hydroxyl groups is 1. The Morgan fingerprint density at radius 1 is 1.14 bits per heavy atom. The van der Waals surface area contributed by atoms with E-state index >= 15 is 0 Å². The van der Waals surface area contributed by atoms with E-state index in [0.29, 0.717) is 6.54 Å². The second-order valence-corrected chi connectivity index (χ2v) is 12.5. The molecule has 0 saturated carbocycles. The number of hydrogen-bond acceptors (Lipinski definition) is 6. The van der Waals surface area contributed by atoms with E-state index in [0.717, 1.165) is 21.7 Å². The lowest BCUT2D eigenvalue weighted by molar-refractivity contribution is -0.145. The number of amides is 3. The minimum absolute atomic E-state index is 0.0534. The predicted octanol–water partition coefficient (Wildman–Crippen LogP) is 3.27. The molecule has 36 heavy (non-hydrogen) atoms. The molecule has 0 radical (unpaired) electrons. The molecule has 1 saturated heterocycles. The molecule has 196 valence electrons. The average Bonchev–Trinajstić information content (AvgIpc) is 3.39. The number of benzene rings is 1. The third kappa shape index (κ3) is 6.50. The van der Waals surface area contributed by atoms with Crippen LogP contribution in [0.25, 0.3) is 10.4 Å². The fraction of sp³-hybridized carbons (Fsp3) is 0.556. The molecule has 1 aliphatic rings. The highest BCUT2D eigenvalue weighted by Crippen LogP contribution is 2.28. The number of carbonyl (C=O) groups excluding carboxylic acids is 3. The minimum Gasteiger partial charge on any atom is -0.391 e. The Kier molecular flexibility index (Phi) is 8.25. The van der Waals surface area contributed by atoms with Gasteiger partial charge in [-0.2, -0.15) is 0 Å². The molecule has 0 aliphatic carbocycles. The quantitative estimate of drug-likeness (QED) is 0.548. The van der Waals surface area contributed by atoms with Gasteiger partial charge < -0.3 is 20.6 Å². The van der Waals surface area contributed by atoms with Crippen molar-refractivity contribution in [3.8, 4) is 10.4 Å². The van der Waals surface area contributed by atoms with Crippen molar-refractivity contribution in [3.63, 3.8) is 0 Å². The van der Waals surface area contributed by atoms with Crippen molar-refractivity contribution < 1.29 is 19.5 Å². The lowest BCUT2D eigenvalue weighted by Crippen LogP contribution is -2.59. The van der Waals surface area contributed by atoms with Crippen molar-refractivity contribution in [1.29, 1.82) is 0 Å². The number of hydrogen-bond donors (Lipinski definition) is 3. The van der Waals surface area contributed by atoms with E-state index in [-0.39, 0.29) is 30.7 Å². The highest BCUT2D eigenvalue weighted by atomic mass is 32.1. The van der Waals surface area contributed by atoms with Gasteiger partial charge in [-0.1, -0.05) is 65.8 Å². The third-order valence-electron chi connectivity index (χ3n) is 6.36. The first-order valence-electron chi connectivity index (χ1n) is 12.2. The molecule has 3 atom stereocenters. The first-order valence-corrected chi connectivity index (χ1v) is 13.1. The van der Waals surface area contributed by atoms with Crippen molar-refractivity contribution in [2.75, 3.05) is 6.54 Å². The summed E-state index contributed by atoms with van der Waals surface area (Å²) in [5.74, 6) is -0.924. The minimum atomic E-state index is -0.826. The molecule has 1 aromatic carbocycles. The summed E-state index contributed by atoms with van der Waals surface area (Å²) in [5.41, 5.74) is 3.56. The number of rotatable bonds is 6. The molecule has 2 aromatic rings. The third-order valence-corrected chi connectivity index (χ3v) is 7.34. The summed E-state index contributed by atoms with van der Waals surface area (Å²) in [5, 5.41) is 16.1. The van der Waals surface area contributed by atoms with E-state index in [1.54, 1.807) is 32.1 Å². The van der Waals surface area contributed by atoms with Crippen LogP contribution in [0.5, 0.6) is 0 Å². The molecule has 0 spiro atoms. The van der Waals surface area contributed by atoms with Gasteiger partial charge in [-0.3, -0.25) is 14.4 Å². The van der Waals surface area contributed by atoms with Gasteiger partial charge in [0.2, 0.25) is 17.7 Å². The fourth-order valence-corrected chi connectivity index (χ4v) is 4.94. The SMILES string of the molecule is Cc1ncsc1-c1ccc(CNC(=O)[C@@H]2C[C@@H](O)CN2C(=O)[C@@H](NC(=O)C(C)(C)C)C(C)(C)C)cc1. The monoisotopic (exact) mass is 514 g/mol. The lowest BCUT2D eigenvalue weighted by Gasteiger charge is -2.36. The maximum absolute atomic E-state index is 13.6. The predicted molar refractivity (Wildman–Crippen MR) is 141 cm³/mol. The van der Waals surface area contributed by atoms with E-state index in [1.807, 2.05) is 57.5 Å². The van der Waals surface area contributed by atoms with Crippen LogP contribution in [0.3, 0.4) is 0 Å². The van der Waals surface area contributed by atoms with Gasteiger partial charge in [0.25, 0.3) is 0 Å². The second kappa shape index (κ2) is 10.7. The molecule has 1 aromatic heterocycles. The van der Waals surface area contributed by atoms with Crippen molar-refractivity contribution >= 4 is 29.1 Å². The fourth-order valence-electron chi connectivity index (χ4n) is 4.13. The van der Waals surface area contributed by atoms with Crippen LogP contribution >= 0.6 is 11.3 Å². The summed E-state index contributed by atoms with van der Waals surface area (Å²) in [6, 6.07) is 6.29. The molecular formula is C27H38N4O4S. The summed E-state index contributed by atoms with van der Waals surface area (Å²) < 4.78 is 0. The van der Waals surface area contributed by atoms with Crippen LogP contribution in [0.1, 0.15) is 59.2 Å². The first kappa shape index (κ1) is 27.8. The van der Waals surface area contributed by atoms with Crippen molar-refractivity contribution in [1.82, 2.24) is 20.5 Å². The van der Waals surface area contributed by atoms with Crippen molar-refractivity contribution in [2.24, 2.45) is 10.8 Å². The Morgan fingerprint density at radius 3 is 2.31 bits per heavy atom. The van der Waals surface area contributed by atoms with Crippen LogP contribution in [0.4, 0.5) is 0 Å². The molecule has 1 aliphatic heterocycles. The summed E-state index contributed by atoms with van der Waals surface area (Å²) in [6.45, 7) is 13.3.